The minimum absolute atomic E-state index is 0.288. The highest BCUT2D eigenvalue weighted by Crippen LogP contribution is 2.24. The average Bonchev–Trinajstić information content (AvgIpc) is 2.37. The maximum atomic E-state index is 13.8. The molecule has 0 bridgehead atoms. The molecule has 1 aromatic rings. The molecule has 0 aliphatic carbocycles. The molecule has 1 saturated heterocycles. The zero-order chi connectivity index (χ0) is 14.0. The predicted octanol–water partition coefficient (Wildman–Crippen LogP) is 3.97. The number of nitrogens with zero attached hydrogens (tertiary/aromatic N) is 1. The summed E-state index contributed by atoms with van der Waals surface area (Å²) >= 11 is 6.39. The van der Waals surface area contributed by atoms with E-state index in [2.05, 4.69) is 31.9 Å². The first-order valence-corrected chi connectivity index (χ1v) is 7.94. The Bertz CT molecular complexity index is 473. The maximum Gasteiger partial charge on any atom is 0.259 e. The second kappa shape index (κ2) is 6.31. The normalized spacial score (nSPS) is 19.6. The molecule has 0 radical (unpaired) electrons. The molecule has 1 heterocycles. The fourth-order valence-electron chi connectivity index (χ4n) is 2.28. The summed E-state index contributed by atoms with van der Waals surface area (Å²) in [6, 6.07) is 2.23. The van der Waals surface area contributed by atoms with Gasteiger partial charge in [0, 0.05) is 22.9 Å². The molecule has 1 aliphatic heterocycles. The molecule has 6 heteroatoms. The summed E-state index contributed by atoms with van der Waals surface area (Å²) < 4.78 is 27.8. The lowest BCUT2D eigenvalue weighted by Crippen LogP contribution is -2.41. The topological polar surface area (TPSA) is 20.3 Å². The Labute approximate surface area is 127 Å². The average molecular weight is 397 g/mol. The van der Waals surface area contributed by atoms with Gasteiger partial charge in [0.1, 0.15) is 17.2 Å². The summed E-state index contributed by atoms with van der Waals surface area (Å²) in [6.07, 6.45) is 1.89. The molecule has 2 nitrogen and oxygen atoms in total. The zero-order valence-corrected chi connectivity index (χ0v) is 13.3. The number of rotatable bonds is 2. The first-order chi connectivity index (χ1) is 9.02. The van der Waals surface area contributed by atoms with Gasteiger partial charge in [-0.25, -0.2) is 8.78 Å². The summed E-state index contributed by atoms with van der Waals surface area (Å²) in [5.74, 6) is -1.86. The van der Waals surface area contributed by atoms with Crippen molar-refractivity contribution in [2.24, 2.45) is 5.92 Å². The number of hydrogen-bond acceptors (Lipinski definition) is 1. The second-order valence-electron chi connectivity index (χ2n) is 4.66. The molecule has 0 saturated carbocycles. The van der Waals surface area contributed by atoms with Crippen LogP contribution in [0, 0.1) is 17.6 Å². The number of hydrogen-bond donors (Lipinski definition) is 0. The van der Waals surface area contributed by atoms with Crippen molar-refractivity contribution in [3.8, 4) is 0 Å². The maximum absolute atomic E-state index is 13.8. The van der Waals surface area contributed by atoms with Crippen LogP contribution in [0.15, 0.2) is 16.6 Å². The van der Waals surface area contributed by atoms with E-state index in [-0.39, 0.29) is 4.47 Å². The molecule has 0 N–H and O–H groups in total. The predicted molar refractivity (Wildman–Crippen MR) is 76.5 cm³/mol. The number of halogens is 4. The van der Waals surface area contributed by atoms with Gasteiger partial charge in [0.25, 0.3) is 5.91 Å². The summed E-state index contributed by atoms with van der Waals surface area (Å²) in [4.78, 5) is 13.8. The standard InChI is InChI=1S/C13H13Br2F2NO/c14-6-8-2-1-3-18(7-8)13(19)12-10(16)4-9(15)5-11(12)17/h4-5,8H,1-3,6-7H2. The van der Waals surface area contributed by atoms with Crippen LogP contribution in [-0.4, -0.2) is 29.2 Å². The summed E-state index contributed by atoms with van der Waals surface area (Å²) in [6.45, 7) is 1.09. The molecule has 1 fully saturated rings. The van der Waals surface area contributed by atoms with Crippen LogP contribution in [-0.2, 0) is 0 Å². The van der Waals surface area contributed by atoms with Crippen molar-refractivity contribution in [3.05, 3.63) is 33.8 Å². The van der Waals surface area contributed by atoms with Crippen LogP contribution in [0.2, 0.25) is 0 Å². The molecular weight excluding hydrogens is 384 g/mol. The fourth-order valence-corrected chi connectivity index (χ4v) is 3.21. The second-order valence-corrected chi connectivity index (χ2v) is 6.22. The van der Waals surface area contributed by atoms with Crippen molar-refractivity contribution in [2.45, 2.75) is 12.8 Å². The van der Waals surface area contributed by atoms with E-state index in [9.17, 15) is 13.6 Å². The Morgan fingerprint density at radius 2 is 2.00 bits per heavy atom. The Morgan fingerprint density at radius 1 is 1.37 bits per heavy atom. The summed E-state index contributed by atoms with van der Waals surface area (Å²) in [5.41, 5.74) is -0.460. The first kappa shape index (κ1) is 14.9. The fraction of sp³-hybridized carbons (Fsp3) is 0.462. The lowest BCUT2D eigenvalue weighted by atomic mass is 9.99. The minimum atomic E-state index is -0.821. The van der Waals surface area contributed by atoms with E-state index >= 15 is 0 Å². The molecule has 1 aliphatic rings. The Hall–Kier alpha value is -0.490. The van der Waals surface area contributed by atoms with E-state index in [1.54, 1.807) is 0 Å². The number of alkyl halides is 1. The molecule has 1 amide bonds. The molecule has 0 spiro atoms. The molecule has 1 atom stereocenters. The molecule has 0 aromatic heterocycles. The quantitative estimate of drug-likeness (QED) is 0.692. The van der Waals surface area contributed by atoms with Gasteiger partial charge in [-0.1, -0.05) is 31.9 Å². The Kier molecular flexibility index (Phi) is 4.95. The summed E-state index contributed by atoms with van der Waals surface area (Å²) in [7, 11) is 0. The molecule has 104 valence electrons. The minimum Gasteiger partial charge on any atom is -0.338 e. The van der Waals surface area contributed by atoms with Crippen LogP contribution in [0.3, 0.4) is 0 Å². The lowest BCUT2D eigenvalue weighted by molar-refractivity contribution is 0.0676. The van der Waals surface area contributed by atoms with Crippen molar-refractivity contribution < 1.29 is 13.6 Å². The van der Waals surface area contributed by atoms with Gasteiger partial charge in [-0.2, -0.15) is 0 Å². The van der Waals surface area contributed by atoms with Crippen molar-refractivity contribution in [3.63, 3.8) is 0 Å². The third-order valence-electron chi connectivity index (χ3n) is 3.25. The van der Waals surface area contributed by atoms with Crippen LogP contribution >= 0.6 is 31.9 Å². The van der Waals surface area contributed by atoms with Gasteiger partial charge >= 0.3 is 0 Å². The van der Waals surface area contributed by atoms with E-state index in [1.165, 1.54) is 4.90 Å². The van der Waals surface area contributed by atoms with Crippen LogP contribution in [0.5, 0.6) is 0 Å². The Balaban J connectivity index is 2.24. The van der Waals surface area contributed by atoms with Crippen molar-refractivity contribution in [1.82, 2.24) is 4.90 Å². The third-order valence-corrected chi connectivity index (χ3v) is 4.62. The van der Waals surface area contributed by atoms with Crippen LogP contribution in [0.4, 0.5) is 8.78 Å². The van der Waals surface area contributed by atoms with Gasteiger partial charge in [0.15, 0.2) is 0 Å². The molecule has 2 rings (SSSR count). The largest absolute Gasteiger partial charge is 0.338 e. The van der Waals surface area contributed by atoms with Gasteiger partial charge in [0.2, 0.25) is 0 Å². The van der Waals surface area contributed by atoms with E-state index in [1.807, 2.05) is 0 Å². The van der Waals surface area contributed by atoms with Crippen LogP contribution in [0.25, 0.3) is 0 Å². The molecular formula is C13H13Br2F2NO. The van der Waals surface area contributed by atoms with Crippen molar-refractivity contribution in [1.29, 1.82) is 0 Å². The highest BCUT2D eigenvalue weighted by Gasteiger charge is 2.28. The van der Waals surface area contributed by atoms with Gasteiger partial charge < -0.3 is 4.90 Å². The molecule has 1 aromatic carbocycles. The van der Waals surface area contributed by atoms with E-state index < -0.39 is 23.1 Å². The zero-order valence-electron chi connectivity index (χ0n) is 10.1. The van der Waals surface area contributed by atoms with Crippen LogP contribution < -0.4 is 0 Å². The first-order valence-electron chi connectivity index (χ1n) is 6.02. The smallest absolute Gasteiger partial charge is 0.259 e. The lowest BCUT2D eigenvalue weighted by Gasteiger charge is -2.32. The van der Waals surface area contributed by atoms with Crippen molar-refractivity contribution >= 4 is 37.8 Å². The Morgan fingerprint density at radius 3 is 2.58 bits per heavy atom. The number of carbonyl (C=O) groups is 1. The van der Waals surface area contributed by atoms with Gasteiger partial charge in [-0.05, 0) is 30.9 Å². The van der Waals surface area contributed by atoms with E-state index in [0.29, 0.717) is 19.0 Å². The number of piperidine rings is 1. The van der Waals surface area contributed by atoms with Gasteiger partial charge in [0.05, 0.1) is 0 Å². The monoisotopic (exact) mass is 395 g/mol. The van der Waals surface area contributed by atoms with E-state index in [4.69, 9.17) is 0 Å². The molecule has 1 unspecified atom stereocenters. The highest BCUT2D eigenvalue weighted by atomic mass is 79.9. The summed E-state index contributed by atoms with van der Waals surface area (Å²) in [5, 5.41) is 0.794. The molecule has 19 heavy (non-hydrogen) atoms. The van der Waals surface area contributed by atoms with Crippen LogP contribution in [0.1, 0.15) is 23.2 Å². The van der Waals surface area contributed by atoms with Gasteiger partial charge in [-0.15, -0.1) is 0 Å². The van der Waals surface area contributed by atoms with Crippen molar-refractivity contribution in [2.75, 3.05) is 18.4 Å². The number of likely N-dealkylation sites (tertiary alicyclic amines) is 1. The van der Waals surface area contributed by atoms with Gasteiger partial charge in [-0.3, -0.25) is 4.79 Å². The number of benzene rings is 1. The number of amides is 1. The number of carbonyl (C=O) groups excluding carboxylic acids is 1. The third kappa shape index (κ3) is 3.34. The highest BCUT2D eigenvalue weighted by molar-refractivity contribution is 9.10. The van der Waals surface area contributed by atoms with E-state index in [0.717, 1.165) is 30.3 Å². The SMILES string of the molecule is O=C(c1c(F)cc(Br)cc1F)N1CCCC(CBr)C1.